The largest absolute Gasteiger partial charge is 0.307 e. The number of aryl methyl sites for hydroxylation is 1. The Hall–Kier alpha value is -2.14. The Balaban J connectivity index is 1.58. The van der Waals surface area contributed by atoms with Gasteiger partial charge in [-0.3, -0.25) is 4.68 Å². The summed E-state index contributed by atoms with van der Waals surface area (Å²) in [5, 5.41) is 7.78. The van der Waals surface area contributed by atoms with E-state index in [1.165, 1.54) is 5.56 Å². The average molecular weight is 269 g/mol. The molecule has 1 N–H and O–H groups in total. The molecule has 3 aromatic rings. The van der Waals surface area contributed by atoms with Crippen LogP contribution in [-0.4, -0.2) is 25.2 Å². The number of nitrogens with one attached hydrogen (secondary N) is 1. The zero-order valence-corrected chi connectivity index (χ0v) is 11.8. The van der Waals surface area contributed by atoms with Gasteiger partial charge in [0.15, 0.2) is 0 Å². The lowest BCUT2D eigenvalue weighted by molar-refractivity contribution is 0.449. The van der Waals surface area contributed by atoms with E-state index in [1.807, 2.05) is 39.7 Å². The van der Waals surface area contributed by atoms with Crippen LogP contribution in [0, 0.1) is 6.92 Å². The van der Waals surface area contributed by atoms with Crippen molar-refractivity contribution in [3.05, 3.63) is 54.2 Å². The summed E-state index contributed by atoms with van der Waals surface area (Å²) in [5.41, 5.74) is 3.23. The molecule has 0 aliphatic rings. The van der Waals surface area contributed by atoms with Gasteiger partial charge in [0.2, 0.25) is 0 Å². The van der Waals surface area contributed by atoms with Crippen LogP contribution < -0.4 is 5.32 Å². The lowest BCUT2D eigenvalue weighted by Crippen LogP contribution is -2.30. The van der Waals surface area contributed by atoms with E-state index >= 15 is 0 Å². The molecule has 3 rings (SSSR count). The molecule has 5 heteroatoms. The summed E-state index contributed by atoms with van der Waals surface area (Å²) in [5.74, 6) is 0. The minimum atomic E-state index is 0.346. The molecular formula is C15H19N5. The second-order valence-corrected chi connectivity index (χ2v) is 5.22. The molecule has 0 radical (unpaired) electrons. The molecule has 0 fully saturated rings. The van der Waals surface area contributed by atoms with Gasteiger partial charge in [-0.15, -0.1) is 0 Å². The second-order valence-electron chi connectivity index (χ2n) is 5.22. The van der Waals surface area contributed by atoms with Gasteiger partial charge in [-0.2, -0.15) is 5.10 Å². The first-order chi connectivity index (χ1) is 9.70. The quantitative estimate of drug-likeness (QED) is 0.771. The lowest BCUT2D eigenvalue weighted by atomic mass is 10.3. The molecule has 0 aliphatic heterocycles. The van der Waals surface area contributed by atoms with Gasteiger partial charge in [-0.25, -0.2) is 4.98 Å². The highest BCUT2D eigenvalue weighted by Crippen LogP contribution is 2.04. The van der Waals surface area contributed by atoms with Crippen LogP contribution >= 0.6 is 0 Å². The summed E-state index contributed by atoms with van der Waals surface area (Å²) in [6, 6.07) is 6.37. The zero-order valence-electron chi connectivity index (χ0n) is 11.8. The van der Waals surface area contributed by atoms with Crippen LogP contribution in [0.15, 0.2) is 43.0 Å². The van der Waals surface area contributed by atoms with Crippen molar-refractivity contribution in [2.45, 2.75) is 33.0 Å². The van der Waals surface area contributed by atoms with E-state index in [1.54, 1.807) is 0 Å². The minimum absolute atomic E-state index is 0.346. The van der Waals surface area contributed by atoms with Crippen molar-refractivity contribution in [3.8, 4) is 0 Å². The van der Waals surface area contributed by atoms with Gasteiger partial charge in [0.05, 0.1) is 18.4 Å². The number of aromatic nitrogens is 4. The van der Waals surface area contributed by atoms with Gasteiger partial charge < -0.3 is 9.72 Å². The van der Waals surface area contributed by atoms with Crippen LogP contribution in [0.25, 0.3) is 5.65 Å². The molecule has 0 unspecified atom stereocenters. The molecule has 104 valence electrons. The second kappa shape index (κ2) is 5.46. The Labute approximate surface area is 118 Å². The highest BCUT2D eigenvalue weighted by molar-refractivity contribution is 5.39. The van der Waals surface area contributed by atoms with E-state index < -0.39 is 0 Å². The maximum absolute atomic E-state index is 4.57. The highest BCUT2D eigenvalue weighted by Gasteiger charge is 2.06. The topological polar surface area (TPSA) is 47.2 Å². The van der Waals surface area contributed by atoms with Crippen LogP contribution in [0.3, 0.4) is 0 Å². The normalized spacial score (nSPS) is 12.9. The minimum Gasteiger partial charge on any atom is -0.307 e. The predicted molar refractivity (Wildman–Crippen MR) is 78.5 cm³/mol. The molecule has 1 atom stereocenters. The SMILES string of the molecule is Cc1cnn(C[C@H](C)NCc2cn3ccccc3n2)c1. The van der Waals surface area contributed by atoms with Crippen molar-refractivity contribution in [1.82, 2.24) is 24.5 Å². The standard InChI is InChI=1S/C15H19N5/c1-12-7-17-20(9-12)10-13(2)16-8-14-11-19-6-4-3-5-15(19)18-14/h3-7,9,11,13,16H,8,10H2,1-2H3/t13-/m0/s1. The van der Waals surface area contributed by atoms with E-state index in [2.05, 4.69) is 41.6 Å². The van der Waals surface area contributed by atoms with E-state index in [-0.39, 0.29) is 0 Å². The van der Waals surface area contributed by atoms with Crippen molar-refractivity contribution in [2.75, 3.05) is 0 Å². The van der Waals surface area contributed by atoms with Crippen LogP contribution in [0.5, 0.6) is 0 Å². The molecule has 0 aromatic carbocycles. The Morgan fingerprint density at radius 1 is 1.30 bits per heavy atom. The fourth-order valence-electron chi connectivity index (χ4n) is 2.26. The maximum Gasteiger partial charge on any atom is 0.137 e. The first-order valence-electron chi connectivity index (χ1n) is 6.86. The number of rotatable bonds is 5. The molecule has 0 amide bonds. The summed E-state index contributed by atoms with van der Waals surface area (Å²) >= 11 is 0. The zero-order chi connectivity index (χ0) is 13.9. The molecule has 3 heterocycles. The monoisotopic (exact) mass is 269 g/mol. The average Bonchev–Trinajstić information content (AvgIpc) is 3.02. The number of pyridine rings is 1. The Morgan fingerprint density at radius 2 is 2.20 bits per heavy atom. The maximum atomic E-state index is 4.57. The summed E-state index contributed by atoms with van der Waals surface area (Å²) in [7, 11) is 0. The number of hydrogen-bond acceptors (Lipinski definition) is 3. The van der Waals surface area contributed by atoms with Crippen molar-refractivity contribution in [3.63, 3.8) is 0 Å². The van der Waals surface area contributed by atoms with Crippen molar-refractivity contribution < 1.29 is 0 Å². The van der Waals surface area contributed by atoms with E-state index in [4.69, 9.17) is 0 Å². The van der Waals surface area contributed by atoms with Gasteiger partial charge in [0.25, 0.3) is 0 Å². The van der Waals surface area contributed by atoms with Crippen LogP contribution in [0.4, 0.5) is 0 Å². The number of imidazole rings is 1. The Kier molecular flexibility index (Phi) is 3.52. The summed E-state index contributed by atoms with van der Waals surface area (Å²) in [6.07, 6.45) is 8.02. The molecule has 5 nitrogen and oxygen atoms in total. The molecular weight excluding hydrogens is 250 g/mol. The third-order valence-corrected chi connectivity index (χ3v) is 3.27. The van der Waals surface area contributed by atoms with E-state index in [0.717, 1.165) is 24.4 Å². The van der Waals surface area contributed by atoms with Gasteiger partial charge >= 0.3 is 0 Å². The van der Waals surface area contributed by atoms with E-state index in [0.29, 0.717) is 6.04 Å². The molecule has 0 bridgehead atoms. The molecule has 0 saturated heterocycles. The van der Waals surface area contributed by atoms with Crippen LogP contribution in [-0.2, 0) is 13.1 Å². The van der Waals surface area contributed by atoms with Crippen LogP contribution in [0.2, 0.25) is 0 Å². The third-order valence-electron chi connectivity index (χ3n) is 3.27. The van der Waals surface area contributed by atoms with Gasteiger partial charge in [-0.05, 0) is 31.5 Å². The Bertz CT molecular complexity index is 664. The fraction of sp³-hybridized carbons (Fsp3) is 0.333. The summed E-state index contributed by atoms with van der Waals surface area (Å²) < 4.78 is 4.01. The van der Waals surface area contributed by atoms with Crippen LogP contribution in [0.1, 0.15) is 18.2 Å². The molecule has 0 aliphatic carbocycles. The number of fused-ring (bicyclic) bond motifs is 1. The number of hydrogen-bond donors (Lipinski definition) is 1. The molecule has 0 saturated carbocycles. The van der Waals surface area contributed by atoms with E-state index in [9.17, 15) is 0 Å². The van der Waals surface area contributed by atoms with Gasteiger partial charge in [0, 0.05) is 31.2 Å². The lowest BCUT2D eigenvalue weighted by Gasteiger charge is -2.12. The summed E-state index contributed by atoms with van der Waals surface area (Å²) in [4.78, 5) is 4.57. The molecule has 20 heavy (non-hydrogen) atoms. The first-order valence-corrected chi connectivity index (χ1v) is 6.86. The first kappa shape index (κ1) is 12.9. The smallest absolute Gasteiger partial charge is 0.137 e. The highest BCUT2D eigenvalue weighted by atomic mass is 15.3. The van der Waals surface area contributed by atoms with Gasteiger partial charge in [0.1, 0.15) is 5.65 Å². The Morgan fingerprint density at radius 3 is 2.95 bits per heavy atom. The van der Waals surface area contributed by atoms with Gasteiger partial charge in [-0.1, -0.05) is 6.07 Å². The fourth-order valence-corrected chi connectivity index (χ4v) is 2.26. The summed E-state index contributed by atoms with van der Waals surface area (Å²) in [6.45, 7) is 5.84. The number of nitrogens with zero attached hydrogens (tertiary/aromatic N) is 4. The van der Waals surface area contributed by atoms with Crippen molar-refractivity contribution >= 4 is 5.65 Å². The molecule has 0 spiro atoms. The molecule has 3 aromatic heterocycles. The van der Waals surface area contributed by atoms with Crippen molar-refractivity contribution in [2.24, 2.45) is 0 Å². The predicted octanol–water partition coefficient (Wildman–Crippen LogP) is 2.02. The van der Waals surface area contributed by atoms with Crippen molar-refractivity contribution in [1.29, 1.82) is 0 Å². The third kappa shape index (κ3) is 2.88.